The topological polar surface area (TPSA) is 93.5 Å². The Morgan fingerprint density at radius 2 is 1.92 bits per heavy atom. The van der Waals surface area contributed by atoms with Gasteiger partial charge in [0, 0.05) is 6.04 Å². The van der Waals surface area contributed by atoms with Gasteiger partial charge in [0.25, 0.3) is 5.91 Å². The molecule has 1 saturated carbocycles. The molecule has 138 valence electrons. The Hall–Kier alpha value is -2.83. The van der Waals surface area contributed by atoms with Crippen LogP contribution in [0.5, 0.6) is 5.75 Å². The lowest BCUT2D eigenvalue weighted by Crippen LogP contribution is -2.38. The highest BCUT2D eigenvalue weighted by Gasteiger charge is 2.27. The Bertz CT molecular complexity index is 807. The molecule has 1 aromatic carbocycles. The highest BCUT2D eigenvalue weighted by atomic mass is 16.5. The molecule has 0 spiro atoms. The zero-order valence-corrected chi connectivity index (χ0v) is 14.9. The monoisotopic (exact) mass is 357 g/mol. The lowest BCUT2D eigenvalue weighted by molar-refractivity contribution is -0.142. The summed E-state index contributed by atoms with van der Waals surface area (Å²) in [6.45, 7) is 1.84. The smallest absolute Gasteiger partial charge is 0.306 e. The van der Waals surface area contributed by atoms with Gasteiger partial charge in [0.05, 0.1) is 30.5 Å². The van der Waals surface area contributed by atoms with E-state index in [1.54, 1.807) is 18.0 Å². The summed E-state index contributed by atoms with van der Waals surface area (Å²) in [6, 6.07) is 7.50. The maximum absolute atomic E-state index is 12.6. The number of methoxy groups -OCH3 is 1. The van der Waals surface area contributed by atoms with Crippen LogP contribution in [-0.4, -0.2) is 39.9 Å². The largest absolute Gasteiger partial charge is 0.494 e. The van der Waals surface area contributed by atoms with Gasteiger partial charge < -0.3 is 15.2 Å². The van der Waals surface area contributed by atoms with E-state index in [-0.39, 0.29) is 17.9 Å². The Morgan fingerprint density at radius 1 is 1.23 bits per heavy atom. The summed E-state index contributed by atoms with van der Waals surface area (Å²) in [5.74, 6) is -0.540. The molecular weight excluding hydrogens is 334 g/mol. The number of amides is 1. The highest BCUT2D eigenvalue weighted by molar-refractivity contribution is 5.95. The van der Waals surface area contributed by atoms with Gasteiger partial charge in [-0.25, -0.2) is 4.68 Å². The second-order valence-electron chi connectivity index (χ2n) is 6.59. The third kappa shape index (κ3) is 3.56. The number of nitrogens with one attached hydrogen (secondary N) is 1. The van der Waals surface area contributed by atoms with E-state index in [0.29, 0.717) is 37.0 Å². The van der Waals surface area contributed by atoms with E-state index in [1.165, 1.54) is 0 Å². The van der Waals surface area contributed by atoms with Crippen LogP contribution in [0.3, 0.4) is 0 Å². The van der Waals surface area contributed by atoms with Crippen LogP contribution in [-0.2, 0) is 4.79 Å². The predicted octanol–water partition coefficient (Wildman–Crippen LogP) is 2.56. The molecule has 1 heterocycles. The average Bonchev–Trinajstić information content (AvgIpc) is 3.03. The van der Waals surface area contributed by atoms with Gasteiger partial charge >= 0.3 is 5.97 Å². The quantitative estimate of drug-likeness (QED) is 0.858. The Kier molecular flexibility index (Phi) is 5.25. The number of carboxylic acid groups (broad SMARTS) is 1. The van der Waals surface area contributed by atoms with E-state index in [2.05, 4.69) is 10.4 Å². The molecule has 0 unspecified atom stereocenters. The standard InChI is InChI=1S/C19H23N3O4/c1-12-15(11-20-22(12)16-5-3-4-6-17(16)26-2)18(23)21-14-9-7-13(8-10-14)19(24)25/h3-6,11,13-14H,7-10H2,1-2H3,(H,21,23)(H,24,25). The number of rotatable bonds is 5. The zero-order valence-electron chi connectivity index (χ0n) is 14.9. The maximum atomic E-state index is 12.6. The van der Waals surface area contributed by atoms with Crippen molar-refractivity contribution in [1.82, 2.24) is 15.1 Å². The fourth-order valence-corrected chi connectivity index (χ4v) is 3.43. The van der Waals surface area contributed by atoms with Crippen molar-refractivity contribution in [1.29, 1.82) is 0 Å². The van der Waals surface area contributed by atoms with Gasteiger partial charge in [-0.3, -0.25) is 9.59 Å². The zero-order chi connectivity index (χ0) is 18.7. The van der Waals surface area contributed by atoms with Crippen molar-refractivity contribution in [2.45, 2.75) is 38.6 Å². The van der Waals surface area contributed by atoms with Gasteiger partial charge in [-0.05, 0) is 44.7 Å². The molecular formula is C19H23N3O4. The molecule has 7 nitrogen and oxygen atoms in total. The number of carbonyl (C=O) groups excluding carboxylic acids is 1. The number of carboxylic acids is 1. The summed E-state index contributed by atoms with van der Waals surface area (Å²) in [6.07, 6.45) is 4.12. The molecule has 26 heavy (non-hydrogen) atoms. The molecule has 1 aromatic heterocycles. The fraction of sp³-hybridized carbons (Fsp3) is 0.421. The van der Waals surface area contributed by atoms with Crippen LogP contribution >= 0.6 is 0 Å². The van der Waals surface area contributed by atoms with E-state index in [9.17, 15) is 9.59 Å². The van der Waals surface area contributed by atoms with Gasteiger partial charge in [0.1, 0.15) is 11.4 Å². The number of benzene rings is 1. The van der Waals surface area contributed by atoms with E-state index < -0.39 is 5.97 Å². The molecule has 0 saturated heterocycles. The molecule has 2 aromatic rings. The molecule has 2 N–H and O–H groups in total. The van der Waals surface area contributed by atoms with E-state index >= 15 is 0 Å². The minimum absolute atomic E-state index is 0.00658. The number of aliphatic carboxylic acids is 1. The minimum atomic E-state index is -0.747. The number of carbonyl (C=O) groups is 2. The van der Waals surface area contributed by atoms with Crippen LogP contribution in [0.1, 0.15) is 41.7 Å². The van der Waals surface area contributed by atoms with Gasteiger partial charge in [0.2, 0.25) is 0 Å². The van der Waals surface area contributed by atoms with Crippen LogP contribution in [0, 0.1) is 12.8 Å². The lowest BCUT2D eigenvalue weighted by atomic mass is 9.86. The van der Waals surface area contributed by atoms with Crippen molar-refractivity contribution >= 4 is 11.9 Å². The van der Waals surface area contributed by atoms with Crippen molar-refractivity contribution in [2.75, 3.05) is 7.11 Å². The summed E-state index contributed by atoms with van der Waals surface area (Å²) >= 11 is 0. The lowest BCUT2D eigenvalue weighted by Gasteiger charge is -2.26. The molecule has 7 heteroatoms. The summed E-state index contributed by atoms with van der Waals surface area (Å²) in [7, 11) is 1.60. The van der Waals surface area contributed by atoms with Crippen molar-refractivity contribution < 1.29 is 19.4 Å². The average molecular weight is 357 g/mol. The molecule has 0 atom stereocenters. The maximum Gasteiger partial charge on any atom is 0.306 e. The van der Waals surface area contributed by atoms with Crippen LogP contribution in [0.4, 0.5) is 0 Å². The third-order valence-electron chi connectivity index (χ3n) is 4.98. The SMILES string of the molecule is COc1ccccc1-n1ncc(C(=O)NC2CCC(C(=O)O)CC2)c1C. The van der Waals surface area contributed by atoms with Crippen LogP contribution in [0.15, 0.2) is 30.5 Å². The molecule has 0 bridgehead atoms. The highest BCUT2D eigenvalue weighted by Crippen LogP contribution is 2.26. The van der Waals surface area contributed by atoms with E-state index in [4.69, 9.17) is 9.84 Å². The summed E-state index contributed by atoms with van der Waals surface area (Å²) in [5, 5.41) is 16.4. The van der Waals surface area contributed by atoms with Gasteiger partial charge in [-0.1, -0.05) is 12.1 Å². The number of hydrogen-bond donors (Lipinski definition) is 2. The first kappa shape index (κ1) is 18.0. The molecule has 3 rings (SSSR count). The molecule has 0 aliphatic heterocycles. The first-order chi connectivity index (χ1) is 12.5. The Labute approximate surface area is 152 Å². The van der Waals surface area contributed by atoms with Crippen molar-refractivity contribution in [3.63, 3.8) is 0 Å². The van der Waals surface area contributed by atoms with Crippen LogP contribution in [0.25, 0.3) is 5.69 Å². The van der Waals surface area contributed by atoms with Gasteiger partial charge in [0.15, 0.2) is 0 Å². The fourth-order valence-electron chi connectivity index (χ4n) is 3.43. The van der Waals surface area contributed by atoms with E-state index in [0.717, 1.165) is 11.4 Å². The Balaban J connectivity index is 1.72. The number of aromatic nitrogens is 2. The number of ether oxygens (including phenoxy) is 1. The van der Waals surface area contributed by atoms with Crippen molar-refractivity contribution in [3.8, 4) is 11.4 Å². The van der Waals surface area contributed by atoms with Gasteiger partial charge in [-0.15, -0.1) is 0 Å². The van der Waals surface area contributed by atoms with E-state index in [1.807, 2.05) is 31.2 Å². The van der Waals surface area contributed by atoms with Crippen molar-refractivity contribution in [2.24, 2.45) is 5.92 Å². The summed E-state index contributed by atoms with van der Waals surface area (Å²) < 4.78 is 7.06. The minimum Gasteiger partial charge on any atom is -0.494 e. The van der Waals surface area contributed by atoms with Gasteiger partial charge in [-0.2, -0.15) is 5.10 Å². The number of nitrogens with zero attached hydrogens (tertiary/aromatic N) is 2. The molecule has 1 aliphatic rings. The normalized spacial score (nSPS) is 19.8. The summed E-state index contributed by atoms with van der Waals surface area (Å²) in [4.78, 5) is 23.7. The molecule has 1 fully saturated rings. The second-order valence-corrected chi connectivity index (χ2v) is 6.59. The van der Waals surface area contributed by atoms with Crippen LogP contribution < -0.4 is 10.1 Å². The first-order valence-electron chi connectivity index (χ1n) is 8.73. The summed E-state index contributed by atoms with van der Waals surface area (Å²) in [5.41, 5.74) is 2.01. The molecule has 0 radical (unpaired) electrons. The third-order valence-corrected chi connectivity index (χ3v) is 4.98. The number of para-hydroxylation sites is 2. The molecule has 1 aliphatic carbocycles. The molecule has 1 amide bonds. The first-order valence-corrected chi connectivity index (χ1v) is 8.73. The van der Waals surface area contributed by atoms with Crippen molar-refractivity contribution in [3.05, 3.63) is 41.7 Å². The Morgan fingerprint density at radius 3 is 2.58 bits per heavy atom. The number of hydrogen-bond acceptors (Lipinski definition) is 4. The van der Waals surface area contributed by atoms with Crippen LogP contribution in [0.2, 0.25) is 0 Å². The second kappa shape index (κ2) is 7.59. The predicted molar refractivity (Wildman–Crippen MR) is 95.7 cm³/mol.